The maximum atomic E-state index is 5.89. The Morgan fingerprint density at radius 3 is 1.64 bits per heavy atom. The Balaban J connectivity index is 1.97. The average molecular weight is 287 g/mol. The van der Waals surface area contributed by atoms with Gasteiger partial charge in [-0.3, -0.25) is 0 Å². The molecule has 0 aliphatic carbocycles. The molecule has 5 rings (SSSR count). The van der Waals surface area contributed by atoms with Gasteiger partial charge in [-0.25, -0.2) is 0 Å². The fourth-order valence-corrected chi connectivity index (χ4v) is 3.10. The number of rotatable bonds is 0. The van der Waals surface area contributed by atoms with Crippen molar-refractivity contribution in [2.24, 2.45) is 0 Å². The average Bonchev–Trinajstić information content (AvgIpc) is 3.00. The summed E-state index contributed by atoms with van der Waals surface area (Å²) in [7, 11) is 0. The molecule has 2 aromatic carbocycles. The zero-order valence-corrected chi connectivity index (χ0v) is 12.3. The Hall–Kier alpha value is -2.81. The van der Waals surface area contributed by atoms with Crippen molar-refractivity contribution in [3.05, 3.63) is 53.6 Å². The normalized spacial score (nSPS) is 12.1. The van der Waals surface area contributed by atoms with E-state index in [9.17, 15) is 0 Å². The lowest BCUT2D eigenvalue weighted by atomic mass is 10.1. The summed E-state index contributed by atoms with van der Waals surface area (Å²) in [4.78, 5) is 4.58. The van der Waals surface area contributed by atoms with Crippen LogP contribution in [0.5, 0.6) is 0 Å². The zero-order chi connectivity index (χ0) is 14.8. The molecule has 3 nitrogen and oxygen atoms in total. The molecule has 3 heterocycles. The summed E-state index contributed by atoms with van der Waals surface area (Å²) in [5.41, 5.74) is 5.35. The lowest BCUT2D eigenvalue weighted by Gasteiger charge is -1.92. The smallest absolute Gasteiger partial charge is 0.230 e. The fourth-order valence-electron chi connectivity index (χ4n) is 3.10. The minimum absolute atomic E-state index is 0.629. The standard InChI is InChI=1S/C19H13NO2/c1-10-3-5-12-14-9-15-13-6-4-11(2)8-17(13)22-19(15)20-18(14)21-16(12)7-10/h3-9H,1-2H3. The molecule has 0 aliphatic heterocycles. The van der Waals surface area contributed by atoms with Crippen LogP contribution in [-0.2, 0) is 0 Å². The van der Waals surface area contributed by atoms with E-state index in [0.717, 1.165) is 32.7 Å². The molecule has 0 bridgehead atoms. The Labute approximate surface area is 126 Å². The van der Waals surface area contributed by atoms with Gasteiger partial charge in [0.25, 0.3) is 0 Å². The van der Waals surface area contributed by atoms with Crippen molar-refractivity contribution >= 4 is 44.1 Å². The van der Waals surface area contributed by atoms with Crippen molar-refractivity contribution in [1.29, 1.82) is 0 Å². The van der Waals surface area contributed by atoms with Crippen LogP contribution in [0.4, 0.5) is 0 Å². The highest BCUT2D eigenvalue weighted by atomic mass is 16.4. The summed E-state index contributed by atoms with van der Waals surface area (Å²) in [6.45, 7) is 4.11. The first kappa shape index (κ1) is 11.8. The van der Waals surface area contributed by atoms with Crippen LogP contribution in [0.1, 0.15) is 11.1 Å². The molecule has 0 fully saturated rings. The van der Waals surface area contributed by atoms with E-state index in [1.807, 2.05) is 12.1 Å². The van der Waals surface area contributed by atoms with Crippen LogP contribution in [0.3, 0.4) is 0 Å². The molecule has 106 valence electrons. The number of pyridine rings is 1. The third-order valence-corrected chi connectivity index (χ3v) is 4.22. The van der Waals surface area contributed by atoms with Gasteiger partial charge in [0, 0.05) is 21.5 Å². The Morgan fingerprint density at radius 1 is 0.636 bits per heavy atom. The van der Waals surface area contributed by atoms with E-state index in [-0.39, 0.29) is 0 Å². The van der Waals surface area contributed by atoms with Gasteiger partial charge >= 0.3 is 0 Å². The van der Waals surface area contributed by atoms with E-state index in [1.54, 1.807) is 0 Å². The monoisotopic (exact) mass is 287 g/mol. The van der Waals surface area contributed by atoms with Gasteiger partial charge in [0.05, 0.1) is 0 Å². The van der Waals surface area contributed by atoms with Crippen molar-refractivity contribution in [2.45, 2.75) is 13.8 Å². The molecule has 0 spiro atoms. The number of furan rings is 2. The molecular weight excluding hydrogens is 274 g/mol. The fraction of sp³-hybridized carbons (Fsp3) is 0.105. The second-order valence-electron chi connectivity index (χ2n) is 5.90. The van der Waals surface area contributed by atoms with Crippen molar-refractivity contribution in [2.75, 3.05) is 0 Å². The van der Waals surface area contributed by atoms with E-state index in [0.29, 0.717) is 11.4 Å². The molecule has 0 saturated carbocycles. The van der Waals surface area contributed by atoms with Crippen molar-refractivity contribution < 1.29 is 8.83 Å². The Bertz CT molecular complexity index is 1100. The number of fused-ring (bicyclic) bond motifs is 6. The first-order valence-corrected chi connectivity index (χ1v) is 7.32. The molecule has 0 amide bonds. The van der Waals surface area contributed by atoms with Gasteiger partial charge in [-0.2, -0.15) is 4.98 Å². The summed E-state index contributed by atoms with van der Waals surface area (Å²) < 4.78 is 11.8. The molecule has 3 aromatic heterocycles. The zero-order valence-electron chi connectivity index (χ0n) is 12.3. The van der Waals surface area contributed by atoms with Crippen LogP contribution in [0.2, 0.25) is 0 Å². The number of hydrogen-bond acceptors (Lipinski definition) is 3. The largest absolute Gasteiger partial charge is 0.438 e. The topological polar surface area (TPSA) is 39.2 Å². The van der Waals surface area contributed by atoms with Crippen molar-refractivity contribution in [3.8, 4) is 0 Å². The minimum Gasteiger partial charge on any atom is -0.438 e. The first-order chi connectivity index (χ1) is 10.7. The van der Waals surface area contributed by atoms with Crippen LogP contribution in [-0.4, -0.2) is 4.98 Å². The molecule has 0 radical (unpaired) electrons. The van der Waals surface area contributed by atoms with Gasteiger partial charge in [-0.15, -0.1) is 0 Å². The van der Waals surface area contributed by atoms with E-state index in [1.165, 1.54) is 11.1 Å². The molecule has 0 atom stereocenters. The summed E-state index contributed by atoms with van der Waals surface area (Å²) in [6.07, 6.45) is 0. The minimum atomic E-state index is 0.629. The summed E-state index contributed by atoms with van der Waals surface area (Å²) in [5, 5.41) is 4.25. The molecular formula is C19H13NO2. The Kier molecular flexibility index (Phi) is 2.09. The number of benzene rings is 2. The predicted molar refractivity (Wildman–Crippen MR) is 88.3 cm³/mol. The molecule has 5 aromatic rings. The lowest BCUT2D eigenvalue weighted by molar-refractivity contribution is 0.631. The third-order valence-electron chi connectivity index (χ3n) is 4.22. The summed E-state index contributed by atoms with van der Waals surface area (Å²) in [5.74, 6) is 0. The second kappa shape index (κ2) is 3.89. The van der Waals surface area contributed by atoms with Gasteiger partial charge < -0.3 is 8.83 Å². The van der Waals surface area contributed by atoms with Gasteiger partial charge in [0.2, 0.25) is 11.4 Å². The van der Waals surface area contributed by atoms with Crippen molar-refractivity contribution in [3.63, 3.8) is 0 Å². The van der Waals surface area contributed by atoms with Crippen molar-refractivity contribution in [1.82, 2.24) is 4.98 Å². The van der Waals surface area contributed by atoms with E-state index in [2.05, 4.69) is 49.2 Å². The number of aryl methyl sites for hydroxylation is 2. The van der Waals surface area contributed by atoms with Crippen LogP contribution in [0.15, 0.2) is 51.3 Å². The third kappa shape index (κ3) is 1.48. The van der Waals surface area contributed by atoms with Gasteiger partial charge in [0.1, 0.15) is 11.2 Å². The van der Waals surface area contributed by atoms with Crippen LogP contribution < -0.4 is 0 Å². The maximum absolute atomic E-state index is 5.89. The van der Waals surface area contributed by atoms with Crippen LogP contribution in [0, 0.1) is 13.8 Å². The maximum Gasteiger partial charge on any atom is 0.230 e. The quantitative estimate of drug-likeness (QED) is 0.377. The highest BCUT2D eigenvalue weighted by Gasteiger charge is 2.14. The highest BCUT2D eigenvalue weighted by molar-refractivity contribution is 6.12. The predicted octanol–water partition coefficient (Wildman–Crippen LogP) is 5.50. The van der Waals surface area contributed by atoms with Gasteiger partial charge in [-0.05, 0) is 43.2 Å². The SMILES string of the molecule is Cc1ccc2c(c1)oc1nc3oc4cc(C)ccc4c3cc12. The number of hydrogen-bond donors (Lipinski definition) is 0. The highest BCUT2D eigenvalue weighted by Crippen LogP contribution is 2.35. The summed E-state index contributed by atoms with van der Waals surface area (Å²) in [6, 6.07) is 14.6. The van der Waals surface area contributed by atoms with E-state index >= 15 is 0 Å². The Morgan fingerprint density at radius 2 is 1.14 bits per heavy atom. The number of aromatic nitrogens is 1. The lowest BCUT2D eigenvalue weighted by Crippen LogP contribution is -1.75. The first-order valence-electron chi connectivity index (χ1n) is 7.32. The molecule has 22 heavy (non-hydrogen) atoms. The number of nitrogens with zero attached hydrogens (tertiary/aromatic N) is 1. The second-order valence-corrected chi connectivity index (χ2v) is 5.90. The van der Waals surface area contributed by atoms with E-state index < -0.39 is 0 Å². The molecule has 0 unspecified atom stereocenters. The summed E-state index contributed by atoms with van der Waals surface area (Å²) >= 11 is 0. The molecule has 0 N–H and O–H groups in total. The van der Waals surface area contributed by atoms with Gasteiger partial charge in [-0.1, -0.05) is 24.3 Å². The molecule has 0 saturated heterocycles. The van der Waals surface area contributed by atoms with Crippen LogP contribution >= 0.6 is 0 Å². The molecule has 0 aliphatic rings. The van der Waals surface area contributed by atoms with E-state index in [4.69, 9.17) is 8.83 Å². The molecule has 3 heteroatoms. The van der Waals surface area contributed by atoms with Crippen LogP contribution in [0.25, 0.3) is 44.1 Å². The van der Waals surface area contributed by atoms with Gasteiger partial charge in [0.15, 0.2) is 0 Å².